The van der Waals surface area contributed by atoms with Gasteiger partial charge in [0.15, 0.2) is 0 Å². The van der Waals surface area contributed by atoms with E-state index >= 15 is 0 Å². The van der Waals surface area contributed by atoms with Crippen molar-refractivity contribution in [1.29, 1.82) is 0 Å². The fourth-order valence-electron chi connectivity index (χ4n) is 2.88. The number of anilines is 1. The zero-order valence-corrected chi connectivity index (χ0v) is 14.4. The fraction of sp³-hybridized carbons (Fsp3) is 0.722. The number of rotatable bonds is 5. The Morgan fingerprint density at radius 2 is 1.95 bits per heavy atom. The molecular formula is C18H31N3. The van der Waals surface area contributed by atoms with E-state index in [0.29, 0.717) is 11.5 Å². The van der Waals surface area contributed by atoms with Crippen molar-refractivity contribution in [3.8, 4) is 0 Å². The lowest BCUT2D eigenvalue weighted by molar-refractivity contribution is 0.238. The number of hydrogen-bond acceptors (Lipinski definition) is 3. The molecule has 1 aromatic rings. The first kappa shape index (κ1) is 16.3. The molecule has 1 aliphatic heterocycles. The molecule has 1 N–H and O–H groups in total. The van der Waals surface area contributed by atoms with Gasteiger partial charge in [0, 0.05) is 31.4 Å². The topological polar surface area (TPSA) is 28.2 Å². The maximum absolute atomic E-state index is 4.83. The minimum absolute atomic E-state index is 0.512. The Morgan fingerprint density at radius 3 is 2.48 bits per heavy atom. The fourth-order valence-corrected chi connectivity index (χ4v) is 2.88. The Balaban J connectivity index is 2.00. The van der Waals surface area contributed by atoms with E-state index in [2.05, 4.69) is 57.0 Å². The second-order valence-electron chi connectivity index (χ2n) is 7.10. The maximum atomic E-state index is 4.83. The molecule has 1 aromatic heterocycles. The van der Waals surface area contributed by atoms with E-state index < -0.39 is 0 Å². The Hall–Kier alpha value is -1.09. The second kappa shape index (κ2) is 6.78. The number of nitrogens with zero attached hydrogens (tertiary/aromatic N) is 2. The molecular weight excluding hydrogens is 258 g/mol. The second-order valence-corrected chi connectivity index (χ2v) is 7.10. The summed E-state index contributed by atoms with van der Waals surface area (Å²) in [6.07, 6.45) is 3.84. The molecule has 3 nitrogen and oxygen atoms in total. The highest BCUT2D eigenvalue weighted by Crippen LogP contribution is 2.35. The van der Waals surface area contributed by atoms with Gasteiger partial charge in [-0.2, -0.15) is 0 Å². The van der Waals surface area contributed by atoms with E-state index in [4.69, 9.17) is 4.98 Å². The highest BCUT2D eigenvalue weighted by atomic mass is 15.2. The Kier molecular flexibility index (Phi) is 5.26. The zero-order valence-electron chi connectivity index (χ0n) is 14.4. The van der Waals surface area contributed by atoms with Gasteiger partial charge in [0.25, 0.3) is 0 Å². The summed E-state index contributed by atoms with van der Waals surface area (Å²) in [4.78, 5) is 7.28. The molecule has 2 heterocycles. The lowest BCUT2D eigenvalue weighted by atomic mass is 9.78. The van der Waals surface area contributed by atoms with E-state index in [1.807, 2.05) is 0 Å². The molecule has 0 spiro atoms. The average molecular weight is 289 g/mol. The van der Waals surface area contributed by atoms with E-state index in [1.54, 1.807) is 0 Å². The van der Waals surface area contributed by atoms with Crippen LogP contribution in [0.2, 0.25) is 0 Å². The molecule has 1 fully saturated rings. The summed E-state index contributed by atoms with van der Waals surface area (Å²) in [5, 5.41) is 3.47. The van der Waals surface area contributed by atoms with Crippen LogP contribution in [0.25, 0.3) is 0 Å². The molecule has 3 heteroatoms. The largest absolute Gasteiger partial charge is 0.357 e. The van der Waals surface area contributed by atoms with E-state index in [-0.39, 0.29) is 0 Å². The average Bonchev–Trinajstić information content (AvgIpc) is 2.46. The first-order valence-electron chi connectivity index (χ1n) is 8.38. The van der Waals surface area contributed by atoms with Crippen LogP contribution in [0, 0.1) is 12.3 Å². The van der Waals surface area contributed by atoms with Gasteiger partial charge >= 0.3 is 0 Å². The third-order valence-corrected chi connectivity index (χ3v) is 5.03. The van der Waals surface area contributed by atoms with Gasteiger partial charge in [-0.3, -0.25) is 0 Å². The third-order valence-electron chi connectivity index (χ3n) is 5.03. The van der Waals surface area contributed by atoms with Crippen molar-refractivity contribution in [1.82, 2.24) is 10.3 Å². The number of aromatic nitrogens is 1. The van der Waals surface area contributed by atoms with Crippen LogP contribution < -0.4 is 10.2 Å². The number of nitrogens with one attached hydrogen (secondary N) is 1. The number of piperidine rings is 1. The van der Waals surface area contributed by atoms with Crippen molar-refractivity contribution in [2.75, 3.05) is 18.0 Å². The monoisotopic (exact) mass is 289 g/mol. The van der Waals surface area contributed by atoms with Gasteiger partial charge in [-0.05, 0) is 36.8 Å². The summed E-state index contributed by atoms with van der Waals surface area (Å²) in [5.74, 6) is 1.15. The Labute approximate surface area is 130 Å². The Morgan fingerprint density at radius 1 is 1.29 bits per heavy atom. The third kappa shape index (κ3) is 4.19. The molecule has 1 aliphatic rings. The lowest BCUT2D eigenvalue weighted by Crippen LogP contribution is -2.39. The first-order chi connectivity index (χ1) is 9.93. The molecule has 1 saturated heterocycles. The van der Waals surface area contributed by atoms with Crippen molar-refractivity contribution in [3.05, 3.63) is 23.4 Å². The summed E-state index contributed by atoms with van der Waals surface area (Å²) in [5.41, 5.74) is 3.00. The van der Waals surface area contributed by atoms with Crippen LogP contribution >= 0.6 is 0 Å². The maximum Gasteiger partial charge on any atom is 0.128 e. The van der Waals surface area contributed by atoms with Crippen molar-refractivity contribution >= 4 is 5.82 Å². The molecule has 0 bridgehead atoms. The molecule has 118 valence electrons. The van der Waals surface area contributed by atoms with Crippen LogP contribution in [-0.4, -0.2) is 24.1 Å². The van der Waals surface area contributed by atoms with Gasteiger partial charge in [-0.1, -0.05) is 40.2 Å². The molecule has 0 aromatic carbocycles. The van der Waals surface area contributed by atoms with E-state index in [1.165, 1.54) is 24.8 Å². The van der Waals surface area contributed by atoms with E-state index in [0.717, 1.165) is 31.1 Å². The van der Waals surface area contributed by atoms with Gasteiger partial charge in [0.1, 0.15) is 5.82 Å². The van der Waals surface area contributed by atoms with Crippen molar-refractivity contribution < 1.29 is 0 Å². The molecule has 0 unspecified atom stereocenters. The zero-order chi connectivity index (χ0) is 15.5. The SMILES string of the molecule is CCC1(C)CCN(c2ccc(CNC(C)C)c(C)n2)CC1. The smallest absolute Gasteiger partial charge is 0.128 e. The first-order valence-corrected chi connectivity index (χ1v) is 8.38. The number of hydrogen-bond donors (Lipinski definition) is 1. The van der Waals surface area contributed by atoms with Crippen molar-refractivity contribution in [3.63, 3.8) is 0 Å². The summed E-state index contributed by atoms with van der Waals surface area (Å²) in [7, 11) is 0. The van der Waals surface area contributed by atoms with Crippen molar-refractivity contribution in [2.45, 2.75) is 66.5 Å². The molecule has 21 heavy (non-hydrogen) atoms. The predicted molar refractivity (Wildman–Crippen MR) is 90.8 cm³/mol. The van der Waals surface area contributed by atoms with Crippen LogP contribution in [0.1, 0.15) is 58.2 Å². The van der Waals surface area contributed by atoms with Gasteiger partial charge in [0.2, 0.25) is 0 Å². The highest BCUT2D eigenvalue weighted by molar-refractivity contribution is 5.42. The molecule has 0 radical (unpaired) electrons. The number of pyridine rings is 1. The summed E-state index contributed by atoms with van der Waals surface area (Å²) < 4.78 is 0. The lowest BCUT2D eigenvalue weighted by Gasteiger charge is -2.39. The molecule has 0 atom stereocenters. The molecule has 2 rings (SSSR count). The summed E-state index contributed by atoms with van der Waals surface area (Å²) in [6, 6.07) is 4.94. The van der Waals surface area contributed by atoms with Gasteiger partial charge in [0.05, 0.1) is 0 Å². The highest BCUT2D eigenvalue weighted by Gasteiger charge is 2.28. The normalized spacial score (nSPS) is 18.3. The van der Waals surface area contributed by atoms with Gasteiger partial charge < -0.3 is 10.2 Å². The Bertz CT molecular complexity index is 460. The van der Waals surface area contributed by atoms with Crippen molar-refractivity contribution in [2.24, 2.45) is 5.41 Å². The summed E-state index contributed by atoms with van der Waals surface area (Å²) in [6.45, 7) is 14.4. The van der Waals surface area contributed by atoms with E-state index in [9.17, 15) is 0 Å². The standard InChI is InChI=1S/C18H31N3/c1-6-18(5)9-11-21(12-10-18)17-8-7-16(15(4)20-17)13-19-14(2)3/h7-8,14,19H,6,9-13H2,1-5H3. The number of aryl methyl sites for hydroxylation is 1. The van der Waals surface area contributed by atoms with Gasteiger partial charge in [-0.15, -0.1) is 0 Å². The van der Waals surface area contributed by atoms with Crippen LogP contribution in [0.5, 0.6) is 0 Å². The van der Waals surface area contributed by atoms with Crippen LogP contribution in [0.15, 0.2) is 12.1 Å². The quantitative estimate of drug-likeness (QED) is 0.891. The predicted octanol–water partition coefficient (Wildman–Crippen LogP) is 3.90. The minimum Gasteiger partial charge on any atom is -0.357 e. The van der Waals surface area contributed by atoms with Crippen LogP contribution in [0.3, 0.4) is 0 Å². The van der Waals surface area contributed by atoms with Gasteiger partial charge in [-0.25, -0.2) is 4.98 Å². The van der Waals surface area contributed by atoms with Crippen LogP contribution in [-0.2, 0) is 6.54 Å². The molecule has 0 aliphatic carbocycles. The summed E-state index contributed by atoms with van der Waals surface area (Å²) >= 11 is 0. The molecule has 0 saturated carbocycles. The van der Waals surface area contributed by atoms with Crippen LogP contribution in [0.4, 0.5) is 5.82 Å². The molecule has 0 amide bonds. The minimum atomic E-state index is 0.512.